The molecule has 0 saturated heterocycles. The Morgan fingerprint density at radius 1 is 1.28 bits per heavy atom. The number of rotatable bonds is 7. The van der Waals surface area contributed by atoms with Crippen LogP contribution in [0.25, 0.3) is 0 Å². The van der Waals surface area contributed by atoms with Gasteiger partial charge in [0.1, 0.15) is 0 Å². The molecule has 0 fully saturated rings. The molecule has 2 aromatic rings. The van der Waals surface area contributed by atoms with E-state index in [2.05, 4.69) is 37.0 Å². The van der Waals surface area contributed by atoms with Gasteiger partial charge in [-0.05, 0) is 0 Å². The third-order valence-electron chi connectivity index (χ3n) is 3.63. The average Bonchev–Trinajstić information content (AvgIpc) is 2.48. The molecule has 5 nitrogen and oxygen atoms in total. The number of nitrogens with one attached hydrogen (secondary N) is 1. The molecule has 1 heterocycles. The van der Waals surface area contributed by atoms with Crippen LogP contribution in [-0.2, 0) is 11.5 Å². The summed E-state index contributed by atoms with van der Waals surface area (Å²) in [4.78, 5) is 15.3. The fourth-order valence-corrected chi connectivity index (χ4v) is 5.94. The van der Waals surface area contributed by atoms with Gasteiger partial charge in [0.25, 0.3) is 0 Å². The number of benzene rings is 1. The molecule has 0 spiro atoms. The number of nitrogens with zero attached hydrogens (tertiary/aromatic N) is 1. The fourth-order valence-electron chi connectivity index (χ4n) is 2.63. The molecule has 0 aliphatic rings. The molecule has 0 atom stereocenters. The second kappa shape index (κ2) is 8.92. The third-order valence-corrected chi connectivity index (χ3v) is 6.27. The number of aliphatic hydroxyl groups is 1. The molecule has 0 saturated carbocycles. The van der Waals surface area contributed by atoms with E-state index in [1.807, 2.05) is 18.4 Å². The van der Waals surface area contributed by atoms with Crippen molar-refractivity contribution in [2.45, 2.75) is 40.3 Å². The topological polar surface area (TPSA) is 67.2 Å². The first-order valence-electron chi connectivity index (χ1n) is 8.15. The van der Waals surface area contributed by atoms with Crippen LogP contribution in [0.3, 0.4) is 0 Å². The summed E-state index contributed by atoms with van der Waals surface area (Å²) >= 11 is 5.28. The van der Waals surface area contributed by atoms with Crippen LogP contribution >= 0.6 is 12.2 Å². The maximum absolute atomic E-state index is 12.5. The Balaban J connectivity index is 2.58. The first kappa shape index (κ1) is 20.1. The van der Waals surface area contributed by atoms with Crippen molar-refractivity contribution in [1.29, 1.82) is 0 Å². The average molecular weight is 427 g/mol. The van der Waals surface area contributed by atoms with E-state index in [-0.39, 0.29) is 46.4 Å². The van der Waals surface area contributed by atoms with Crippen molar-refractivity contribution < 1.29 is 9.84 Å². The van der Waals surface area contributed by atoms with Crippen LogP contribution < -0.4 is 14.6 Å². The predicted molar refractivity (Wildman–Crippen MR) is 104 cm³/mol. The van der Waals surface area contributed by atoms with E-state index >= 15 is 0 Å². The van der Waals surface area contributed by atoms with E-state index in [1.54, 1.807) is 0 Å². The zero-order valence-corrected chi connectivity index (χ0v) is 17.5. The molecular weight excluding hydrogens is 403 g/mol. The van der Waals surface area contributed by atoms with Crippen LogP contribution in [0.1, 0.15) is 36.5 Å². The van der Waals surface area contributed by atoms with Crippen molar-refractivity contribution in [3.05, 3.63) is 50.0 Å². The Morgan fingerprint density at radius 3 is 2.48 bits per heavy atom. The number of hydrogen-bond donors (Lipinski definition) is 2. The second-order valence-electron chi connectivity index (χ2n) is 6.25. The van der Waals surface area contributed by atoms with Crippen molar-refractivity contribution in [3.8, 4) is 0 Å². The molecule has 2 N–H and O–H groups in total. The Labute approximate surface area is 159 Å². The quantitative estimate of drug-likeness (QED) is 0.397. The Kier molecular flexibility index (Phi) is 7.16. The van der Waals surface area contributed by atoms with Crippen LogP contribution in [-0.4, -0.2) is 42.8 Å². The van der Waals surface area contributed by atoms with E-state index in [0.29, 0.717) is 4.77 Å². The van der Waals surface area contributed by atoms with Gasteiger partial charge in [0, 0.05) is 0 Å². The van der Waals surface area contributed by atoms with Crippen molar-refractivity contribution in [3.63, 3.8) is 0 Å². The Morgan fingerprint density at radius 2 is 1.92 bits per heavy atom. The summed E-state index contributed by atoms with van der Waals surface area (Å²) in [5.74, 6) is 0.0752. The van der Waals surface area contributed by atoms with E-state index in [1.165, 1.54) is 15.6 Å². The number of aliphatic hydroxyl groups excluding tert-OH is 1. The SMILES string of the molecule is Cc1cc(C)cc([Se]c2c(C(C)C)c(=O)[nH]c(=S)n2COCCO)c1. The van der Waals surface area contributed by atoms with Gasteiger partial charge in [0.2, 0.25) is 0 Å². The minimum atomic E-state index is -0.125. The minimum absolute atomic E-state index is 0.0503. The van der Waals surface area contributed by atoms with Crippen LogP contribution in [0.4, 0.5) is 0 Å². The number of aromatic amines is 1. The summed E-state index contributed by atoms with van der Waals surface area (Å²) in [6, 6.07) is 6.44. The van der Waals surface area contributed by atoms with Gasteiger partial charge in [-0.15, -0.1) is 0 Å². The van der Waals surface area contributed by atoms with Gasteiger partial charge >= 0.3 is 159 Å². The first-order chi connectivity index (χ1) is 11.8. The Bertz CT molecular complexity index is 838. The number of hydrogen-bond acceptors (Lipinski definition) is 4. The summed E-state index contributed by atoms with van der Waals surface area (Å²) in [7, 11) is 0. The molecule has 2 rings (SSSR count). The summed E-state index contributed by atoms with van der Waals surface area (Å²) in [6.45, 7) is 8.56. The summed E-state index contributed by atoms with van der Waals surface area (Å²) in [5, 5.41) is 8.95. The molecule has 0 unspecified atom stereocenters. The molecule has 1 aromatic heterocycles. The molecule has 136 valence electrons. The van der Waals surface area contributed by atoms with Crippen molar-refractivity contribution in [2.24, 2.45) is 0 Å². The van der Waals surface area contributed by atoms with Crippen LogP contribution in [0.5, 0.6) is 0 Å². The van der Waals surface area contributed by atoms with Gasteiger partial charge < -0.3 is 0 Å². The fraction of sp³-hybridized carbons (Fsp3) is 0.444. The molecule has 0 aliphatic carbocycles. The zero-order valence-electron chi connectivity index (χ0n) is 15.0. The molecule has 0 bridgehead atoms. The van der Waals surface area contributed by atoms with Crippen LogP contribution in [0.2, 0.25) is 0 Å². The van der Waals surface area contributed by atoms with E-state index in [4.69, 9.17) is 22.1 Å². The predicted octanol–water partition coefficient (Wildman–Crippen LogP) is 1.27. The molecule has 0 radical (unpaired) electrons. The molecule has 7 heteroatoms. The summed E-state index contributed by atoms with van der Waals surface area (Å²) < 4.78 is 9.81. The van der Waals surface area contributed by atoms with E-state index in [9.17, 15) is 4.79 Å². The molecular formula is C18H24N2O3SSe. The van der Waals surface area contributed by atoms with E-state index in [0.717, 1.165) is 10.2 Å². The van der Waals surface area contributed by atoms with Gasteiger partial charge in [-0.25, -0.2) is 0 Å². The first-order valence-corrected chi connectivity index (χ1v) is 10.3. The second-order valence-corrected chi connectivity index (χ2v) is 8.86. The Hall–Kier alpha value is -1.24. The zero-order chi connectivity index (χ0) is 18.6. The number of ether oxygens (including phenoxy) is 1. The molecule has 1 aromatic carbocycles. The third kappa shape index (κ3) is 5.12. The summed E-state index contributed by atoms with van der Waals surface area (Å²) in [6.07, 6.45) is 0. The van der Waals surface area contributed by atoms with Gasteiger partial charge in [-0.3, -0.25) is 0 Å². The van der Waals surface area contributed by atoms with Gasteiger partial charge in [-0.1, -0.05) is 0 Å². The normalized spacial score (nSPS) is 11.3. The van der Waals surface area contributed by atoms with Gasteiger partial charge in [0.05, 0.1) is 0 Å². The van der Waals surface area contributed by atoms with Crippen LogP contribution in [0.15, 0.2) is 23.0 Å². The summed E-state index contributed by atoms with van der Waals surface area (Å²) in [5.41, 5.74) is 3.03. The van der Waals surface area contributed by atoms with E-state index < -0.39 is 0 Å². The van der Waals surface area contributed by atoms with Crippen molar-refractivity contribution in [1.82, 2.24) is 9.55 Å². The molecule has 0 amide bonds. The van der Waals surface area contributed by atoms with Crippen LogP contribution in [0, 0.1) is 18.6 Å². The molecule has 0 aliphatic heterocycles. The standard InChI is InChI=1S/C18H24N2O3SSe/c1-11(2)15-16(22)19-18(24)20(10-23-6-5-21)17(15)25-14-8-12(3)7-13(4)9-14/h7-9,11,21H,5-6,10H2,1-4H3,(H,19,22,24). The number of aryl methyl sites for hydroxylation is 2. The molecule has 25 heavy (non-hydrogen) atoms. The van der Waals surface area contributed by atoms with Gasteiger partial charge in [0.15, 0.2) is 0 Å². The monoisotopic (exact) mass is 428 g/mol. The number of H-pyrrole nitrogens is 1. The van der Waals surface area contributed by atoms with Crippen molar-refractivity contribution >= 4 is 36.2 Å². The van der Waals surface area contributed by atoms with Crippen molar-refractivity contribution in [2.75, 3.05) is 13.2 Å². The van der Waals surface area contributed by atoms with Gasteiger partial charge in [-0.2, -0.15) is 0 Å². The number of aromatic nitrogens is 2. The maximum atomic E-state index is 12.5.